The molecule has 0 aromatic rings. The van der Waals surface area contributed by atoms with E-state index in [2.05, 4.69) is 0 Å². The maximum absolute atomic E-state index is 10.4. The Kier molecular flexibility index (Phi) is 5.47. The van der Waals surface area contributed by atoms with Crippen molar-refractivity contribution in [2.24, 2.45) is 0 Å². The van der Waals surface area contributed by atoms with Crippen molar-refractivity contribution in [2.45, 2.75) is 25.1 Å². The number of hydrogen-bond donors (Lipinski definition) is 5. The molecule has 0 aliphatic heterocycles. The summed E-state index contributed by atoms with van der Waals surface area (Å²) in [6.07, 6.45) is -0.204. The molecule has 9 heteroatoms. The maximum atomic E-state index is 10.4. The van der Waals surface area contributed by atoms with Gasteiger partial charge >= 0.3 is 15.2 Å². The zero-order chi connectivity index (χ0) is 11.4. The standard InChI is InChI=1S/C5H14O7P2/c6-5(14(10,11)12)3-1-2-4-13(7,8)9/h5-6H,1-4H2,(H2,7,8,9)(H2,10,11,12). The van der Waals surface area contributed by atoms with Gasteiger partial charge in [-0.2, -0.15) is 0 Å². The topological polar surface area (TPSA) is 135 Å². The fraction of sp³-hybridized carbons (Fsp3) is 1.00. The Morgan fingerprint density at radius 2 is 1.50 bits per heavy atom. The summed E-state index contributed by atoms with van der Waals surface area (Å²) in [5.41, 5.74) is 0. The van der Waals surface area contributed by atoms with E-state index >= 15 is 0 Å². The van der Waals surface area contributed by atoms with Crippen LogP contribution in [0.15, 0.2) is 0 Å². The van der Waals surface area contributed by atoms with E-state index in [4.69, 9.17) is 24.7 Å². The molecular weight excluding hydrogens is 234 g/mol. The molecule has 0 saturated heterocycles. The molecule has 0 aliphatic rings. The second kappa shape index (κ2) is 5.37. The van der Waals surface area contributed by atoms with E-state index in [0.29, 0.717) is 0 Å². The van der Waals surface area contributed by atoms with Crippen LogP contribution >= 0.6 is 15.2 Å². The van der Waals surface area contributed by atoms with Gasteiger partial charge in [-0.05, 0) is 19.3 Å². The molecule has 5 N–H and O–H groups in total. The summed E-state index contributed by atoms with van der Waals surface area (Å²) in [5.74, 6) is -1.74. The predicted octanol–water partition coefficient (Wildman–Crippen LogP) is -0.170. The summed E-state index contributed by atoms with van der Waals surface area (Å²) in [6.45, 7) is 0. The van der Waals surface area contributed by atoms with Crippen LogP contribution in [0.4, 0.5) is 0 Å². The SMILES string of the molecule is O=P(O)(O)CCCCC(O)P(=O)(O)O. The van der Waals surface area contributed by atoms with Crippen molar-refractivity contribution in [1.29, 1.82) is 0 Å². The fourth-order valence-electron chi connectivity index (χ4n) is 0.813. The molecule has 0 aromatic heterocycles. The number of unbranched alkanes of at least 4 members (excludes halogenated alkanes) is 1. The van der Waals surface area contributed by atoms with E-state index in [-0.39, 0.29) is 25.4 Å². The first kappa shape index (κ1) is 14.3. The number of rotatable bonds is 6. The van der Waals surface area contributed by atoms with Crippen molar-refractivity contribution < 1.29 is 33.8 Å². The average molecular weight is 248 g/mol. The highest BCUT2D eigenvalue weighted by atomic mass is 31.2. The lowest BCUT2D eigenvalue weighted by atomic mass is 10.3. The van der Waals surface area contributed by atoms with E-state index in [0.717, 1.165) is 0 Å². The molecule has 14 heavy (non-hydrogen) atoms. The first-order chi connectivity index (χ1) is 6.13. The fourth-order valence-corrected chi connectivity index (χ4v) is 1.97. The van der Waals surface area contributed by atoms with Gasteiger partial charge in [-0.3, -0.25) is 9.13 Å². The first-order valence-electron chi connectivity index (χ1n) is 3.91. The Morgan fingerprint density at radius 3 is 1.86 bits per heavy atom. The van der Waals surface area contributed by atoms with Gasteiger partial charge in [0.15, 0.2) is 5.85 Å². The largest absolute Gasteiger partial charge is 0.380 e. The van der Waals surface area contributed by atoms with Crippen molar-refractivity contribution in [1.82, 2.24) is 0 Å². The minimum Gasteiger partial charge on any atom is -0.380 e. The van der Waals surface area contributed by atoms with Gasteiger partial charge in [-0.25, -0.2) is 0 Å². The van der Waals surface area contributed by atoms with Crippen LogP contribution in [0, 0.1) is 0 Å². The lowest BCUT2D eigenvalue weighted by Crippen LogP contribution is -2.06. The molecule has 1 atom stereocenters. The first-order valence-corrected chi connectivity index (χ1v) is 7.39. The van der Waals surface area contributed by atoms with Crippen molar-refractivity contribution in [3.05, 3.63) is 0 Å². The van der Waals surface area contributed by atoms with Crippen LogP contribution in [0.1, 0.15) is 19.3 Å². The molecule has 0 spiro atoms. The number of aliphatic hydroxyl groups excluding tert-OH is 1. The number of hydrogen-bond acceptors (Lipinski definition) is 3. The predicted molar refractivity (Wildman–Crippen MR) is 48.8 cm³/mol. The summed E-state index contributed by atoms with van der Waals surface area (Å²) >= 11 is 0. The quantitative estimate of drug-likeness (QED) is 0.325. The molecule has 0 aliphatic carbocycles. The van der Waals surface area contributed by atoms with Gasteiger partial charge in [0.2, 0.25) is 0 Å². The Morgan fingerprint density at radius 1 is 1.00 bits per heavy atom. The Bertz CT molecular complexity index is 253. The molecule has 0 radical (unpaired) electrons. The van der Waals surface area contributed by atoms with E-state index in [1.807, 2.05) is 0 Å². The molecule has 7 nitrogen and oxygen atoms in total. The third-order valence-electron chi connectivity index (χ3n) is 1.55. The van der Waals surface area contributed by atoms with Gasteiger partial charge in [-0.15, -0.1) is 0 Å². The second-order valence-corrected chi connectivity index (χ2v) is 6.50. The summed E-state index contributed by atoms with van der Waals surface area (Å²) in [7, 11) is -8.52. The average Bonchev–Trinajstić information content (AvgIpc) is 1.93. The van der Waals surface area contributed by atoms with Gasteiger partial charge in [0.25, 0.3) is 0 Å². The van der Waals surface area contributed by atoms with Crippen LogP contribution in [-0.4, -0.2) is 36.7 Å². The zero-order valence-corrected chi connectivity index (χ0v) is 9.14. The van der Waals surface area contributed by atoms with Crippen LogP contribution < -0.4 is 0 Å². The van der Waals surface area contributed by atoms with Gasteiger partial charge in [0, 0.05) is 6.16 Å². The highest BCUT2D eigenvalue weighted by Crippen LogP contribution is 2.42. The van der Waals surface area contributed by atoms with Crippen molar-refractivity contribution in [2.75, 3.05) is 6.16 Å². The molecule has 0 fully saturated rings. The van der Waals surface area contributed by atoms with E-state index < -0.39 is 21.0 Å². The molecule has 0 heterocycles. The van der Waals surface area contributed by atoms with Gasteiger partial charge in [0.05, 0.1) is 0 Å². The smallest absolute Gasteiger partial charge is 0.353 e. The van der Waals surface area contributed by atoms with Gasteiger partial charge in [0.1, 0.15) is 0 Å². The molecule has 0 saturated carbocycles. The minimum atomic E-state index is -4.48. The van der Waals surface area contributed by atoms with Gasteiger partial charge in [-0.1, -0.05) is 0 Å². The summed E-state index contributed by atoms with van der Waals surface area (Å²) in [5, 5.41) is 8.86. The van der Waals surface area contributed by atoms with E-state index in [1.165, 1.54) is 0 Å². The Labute approximate surface area is 81.1 Å². The molecule has 0 bridgehead atoms. The Hall–Kier alpha value is 0.260. The van der Waals surface area contributed by atoms with Crippen LogP contribution in [0.3, 0.4) is 0 Å². The van der Waals surface area contributed by atoms with Crippen molar-refractivity contribution >= 4 is 15.2 Å². The molecule has 0 amide bonds. The number of aliphatic hydroxyl groups is 1. The maximum Gasteiger partial charge on any atom is 0.353 e. The molecular formula is C5H14O7P2. The van der Waals surface area contributed by atoms with Crippen LogP contribution in [0.5, 0.6) is 0 Å². The van der Waals surface area contributed by atoms with Crippen molar-refractivity contribution in [3.8, 4) is 0 Å². The van der Waals surface area contributed by atoms with Crippen LogP contribution in [0.2, 0.25) is 0 Å². The third kappa shape index (κ3) is 7.64. The molecule has 86 valence electrons. The molecule has 1 unspecified atom stereocenters. The highest BCUT2D eigenvalue weighted by molar-refractivity contribution is 7.52. The highest BCUT2D eigenvalue weighted by Gasteiger charge is 2.25. The summed E-state index contributed by atoms with van der Waals surface area (Å²) in [4.78, 5) is 33.8. The lowest BCUT2D eigenvalue weighted by Gasteiger charge is -2.11. The summed E-state index contributed by atoms with van der Waals surface area (Å²) < 4.78 is 20.8. The summed E-state index contributed by atoms with van der Waals surface area (Å²) in [6, 6.07) is 0. The van der Waals surface area contributed by atoms with Gasteiger partial charge < -0.3 is 24.7 Å². The molecule has 0 aromatic carbocycles. The van der Waals surface area contributed by atoms with Crippen molar-refractivity contribution in [3.63, 3.8) is 0 Å². The van der Waals surface area contributed by atoms with E-state index in [1.54, 1.807) is 0 Å². The zero-order valence-electron chi connectivity index (χ0n) is 7.35. The molecule has 0 rings (SSSR count). The third-order valence-corrected chi connectivity index (χ3v) is 3.48. The minimum absolute atomic E-state index is 0.126. The van der Waals surface area contributed by atoms with Crippen LogP contribution in [-0.2, 0) is 9.13 Å². The second-order valence-electron chi connectivity index (χ2n) is 2.95. The monoisotopic (exact) mass is 248 g/mol. The Balaban J connectivity index is 3.67. The normalized spacial score (nSPS) is 15.5. The lowest BCUT2D eigenvalue weighted by molar-refractivity contribution is 0.191. The van der Waals surface area contributed by atoms with Crippen LogP contribution in [0.25, 0.3) is 0 Å². The van der Waals surface area contributed by atoms with E-state index in [9.17, 15) is 9.13 Å².